The Bertz CT molecular complexity index is 620. The van der Waals surface area contributed by atoms with Crippen molar-refractivity contribution < 1.29 is 4.79 Å². The van der Waals surface area contributed by atoms with Crippen LogP contribution in [0.4, 0.5) is 5.95 Å². The standard InChI is InChI=1S/C10H13N7OS2/c1-6(7-3-2-4-19-7)13-14-9-15-16-10(17(9)12)20-5-8(11)18/h2-4H,5,12H2,1H3,(H2,11,18)(H,14,15)/b13-6+. The van der Waals surface area contributed by atoms with E-state index < -0.39 is 5.91 Å². The fourth-order valence-corrected chi connectivity index (χ4v) is 2.53. The molecular formula is C10H13N7OS2. The van der Waals surface area contributed by atoms with Crippen LogP contribution in [-0.4, -0.2) is 32.2 Å². The molecule has 2 rings (SSSR count). The molecule has 0 fully saturated rings. The van der Waals surface area contributed by atoms with Gasteiger partial charge in [-0.25, -0.2) is 10.1 Å². The van der Waals surface area contributed by atoms with Gasteiger partial charge in [-0.3, -0.25) is 4.79 Å². The minimum atomic E-state index is -0.445. The fourth-order valence-electron chi connectivity index (χ4n) is 1.26. The predicted octanol–water partition coefficient (Wildman–Crippen LogP) is 0.467. The topological polar surface area (TPSA) is 124 Å². The molecule has 2 aromatic heterocycles. The van der Waals surface area contributed by atoms with Crippen molar-refractivity contribution in [2.45, 2.75) is 12.1 Å². The van der Waals surface area contributed by atoms with Crippen LogP contribution < -0.4 is 17.0 Å². The molecule has 0 spiro atoms. The zero-order valence-electron chi connectivity index (χ0n) is 10.6. The third-order valence-corrected chi connectivity index (χ3v) is 4.15. The molecule has 0 aromatic carbocycles. The number of hydrogen-bond acceptors (Lipinski definition) is 8. The molecule has 0 saturated heterocycles. The SMILES string of the molecule is C/C(=N\Nc1nnc(SCC(N)=O)n1N)c1cccs1. The summed E-state index contributed by atoms with van der Waals surface area (Å²) in [6.45, 7) is 1.87. The van der Waals surface area contributed by atoms with Crippen molar-refractivity contribution in [3.8, 4) is 0 Å². The summed E-state index contributed by atoms with van der Waals surface area (Å²) in [6.07, 6.45) is 0. The third-order valence-electron chi connectivity index (χ3n) is 2.21. The summed E-state index contributed by atoms with van der Waals surface area (Å²) >= 11 is 2.70. The quantitative estimate of drug-likeness (QED) is 0.308. The van der Waals surface area contributed by atoms with Crippen molar-refractivity contribution in [3.05, 3.63) is 22.4 Å². The van der Waals surface area contributed by atoms with Gasteiger partial charge in [-0.2, -0.15) is 5.10 Å². The van der Waals surface area contributed by atoms with Gasteiger partial charge in [0.05, 0.1) is 11.5 Å². The molecule has 0 unspecified atom stereocenters. The molecule has 1 amide bonds. The number of amides is 1. The molecule has 0 aliphatic heterocycles. The predicted molar refractivity (Wildman–Crippen MR) is 80.2 cm³/mol. The van der Waals surface area contributed by atoms with Crippen LogP contribution in [0.15, 0.2) is 27.8 Å². The molecule has 10 heteroatoms. The number of nitrogens with zero attached hydrogens (tertiary/aromatic N) is 4. The van der Waals surface area contributed by atoms with Crippen LogP contribution >= 0.6 is 23.1 Å². The summed E-state index contributed by atoms with van der Waals surface area (Å²) in [7, 11) is 0. The van der Waals surface area contributed by atoms with Crippen molar-refractivity contribution in [3.63, 3.8) is 0 Å². The Hall–Kier alpha value is -2.07. The monoisotopic (exact) mass is 311 g/mol. The van der Waals surface area contributed by atoms with Gasteiger partial charge >= 0.3 is 0 Å². The number of hydrazone groups is 1. The number of hydrogen-bond donors (Lipinski definition) is 3. The van der Waals surface area contributed by atoms with Gasteiger partial charge in [0.25, 0.3) is 5.95 Å². The molecule has 2 heterocycles. The number of thiophene rings is 1. The van der Waals surface area contributed by atoms with Crippen LogP contribution in [-0.2, 0) is 4.79 Å². The Labute approximate surface area is 123 Å². The number of anilines is 1. The molecule has 20 heavy (non-hydrogen) atoms. The maximum Gasteiger partial charge on any atom is 0.264 e. The minimum Gasteiger partial charge on any atom is -0.369 e. The average molecular weight is 311 g/mol. The summed E-state index contributed by atoms with van der Waals surface area (Å²) in [5, 5.41) is 14.2. The van der Waals surface area contributed by atoms with E-state index in [0.717, 1.165) is 22.4 Å². The normalized spacial score (nSPS) is 11.6. The van der Waals surface area contributed by atoms with Crippen molar-refractivity contribution in [2.24, 2.45) is 10.8 Å². The van der Waals surface area contributed by atoms with Crippen molar-refractivity contribution in [1.29, 1.82) is 0 Å². The highest BCUT2D eigenvalue weighted by atomic mass is 32.2. The Kier molecular flexibility index (Phi) is 4.58. The number of aromatic nitrogens is 3. The van der Waals surface area contributed by atoms with Crippen LogP contribution in [0.25, 0.3) is 0 Å². The first kappa shape index (κ1) is 14.3. The molecular weight excluding hydrogens is 298 g/mol. The highest BCUT2D eigenvalue weighted by Gasteiger charge is 2.10. The van der Waals surface area contributed by atoms with Gasteiger partial charge in [0.15, 0.2) is 0 Å². The second kappa shape index (κ2) is 6.39. The minimum absolute atomic E-state index is 0.0901. The first-order valence-electron chi connectivity index (χ1n) is 5.53. The highest BCUT2D eigenvalue weighted by molar-refractivity contribution is 7.99. The molecule has 2 aromatic rings. The number of thioether (sulfide) groups is 1. The Morgan fingerprint density at radius 2 is 2.40 bits per heavy atom. The summed E-state index contributed by atoms with van der Waals surface area (Å²) in [6, 6.07) is 3.91. The maximum absolute atomic E-state index is 10.7. The van der Waals surface area contributed by atoms with Crippen LogP contribution in [0, 0.1) is 0 Å². The molecule has 5 N–H and O–H groups in total. The maximum atomic E-state index is 10.7. The van der Waals surface area contributed by atoms with E-state index >= 15 is 0 Å². The van der Waals surface area contributed by atoms with Crippen molar-refractivity contribution in [1.82, 2.24) is 14.9 Å². The Morgan fingerprint density at radius 3 is 3.05 bits per heavy atom. The summed E-state index contributed by atoms with van der Waals surface area (Å²) in [5.41, 5.74) is 8.61. The lowest BCUT2D eigenvalue weighted by atomic mass is 10.3. The molecule has 0 bridgehead atoms. The fraction of sp³-hybridized carbons (Fsp3) is 0.200. The van der Waals surface area contributed by atoms with Gasteiger partial charge in [0.1, 0.15) is 0 Å². The summed E-state index contributed by atoms with van der Waals surface area (Å²) < 4.78 is 1.22. The van der Waals surface area contributed by atoms with Gasteiger partial charge in [0.2, 0.25) is 11.1 Å². The first-order chi connectivity index (χ1) is 9.58. The molecule has 106 valence electrons. The zero-order chi connectivity index (χ0) is 14.5. The average Bonchev–Trinajstić information content (AvgIpc) is 3.04. The van der Waals surface area contributed by atoms with Crippen molar-refractivity contribution in [2.75, 3.05) is 17.0 Å². The summed E-state index contributed by atoms with van der Waals surface area (Å²) in [4.78, 5) is 11.7. The van der Waals surface area contributed by atoms with E-state index in [1.165, 1.54) is 4.68 Å². The van der Waals surface area contributed by atoms with Gasteiger partial charge < -0.3 is 11.6 Å². The van der Waals surface area contributed by atoms with E-state index in [1.807, 2.05) is 24.4 Å². The number of primary amides is 1. The molecule has 0 saturated carbocycles. The number of nitrogens with two attached hydrogens (primary N) is 2. The number of rotatable bonds is 6. The second-order valence-corrected chi connectivity index (χ2v) is 5.61. The van der Waals surface area contributed by atoms with Gasteiger partial charge in [0, 0.05) is 4.88 Å². The van der Waals surface area contributed by atoms with E-state index in [0.29, 0.717) is 5.16 Å². The molecule has 0 radical (unpaired) electrons. The number of carbonyl (C=O) groups excluding carboxylic acids is 1. The van der Waals surface area contributed by atoms with E-state index in [-0.39, 0.29) is 11.7 Å². The molecule has 0 aliphatic rings. The van der Waals surface area contributed by atoms with Crippen LogP contribution in [0.2, 0.25) is 0 Å². The Balaban J connectivity index is 2.03. The summed E-state index contributed by atoms with van der Waals surface area (Å²) in [5.74, 6) is 5.71. The molecule has 8 nitrogen and oxygen atoms in total. The van der Waals surface area contributed by atoms with E-state index in [4.69, 9.17) is 11.6 Å². The van der Waals surface area contributed by atoms with Gasteiger partial charge in [-0.1, -0.05) is 17.8 Å². The van der Waals surface area contributed by atoms with Crippen LogP contribution in [0.3, 0.4) is 0 Å². The van der Waals surface area contributed by atoms with Crippen LogP contribution in [0.1, 0.15) is 11.8 Å². The Morgan fingerprint density at radius 1 is 1.60 bits per heavy atom. The van der Waals surface area contributed by atoms with Crippen LogP contribution in [0.5, 0.6) is 0 Å². The third kappa shape index (κ3) is 3.48. The van der Waals surface area contributed by atoms with Gasteiger partial charge in [-0.05, 0) is 18.4 Å². The van der Waals surface area contributed by atoms with E-state index in [2.05, 4.69) is 20.7 Å². The van der Waals surface area contributed by atoms with Gasteiger partial charge in [-0.15, -0.1) is 21.5 Å². The lowest BCUT2D eigenvalue weighted by Gasteiger charge is -2.02. The number of carbonyl (C=O) groups is 1. The smallest absolute Gasteiger partial charge is 0.264 e. The molecule has 0 aliphatic carbocycles. The second-order valence-electron chi connectivity index (χ2n) is 3.72. The largest absolute Gasteiger partial charge is 0.369 e. The van der Waals surface area contributed by atoms with E-state index in [1.54, 1.807) is 11.3 Å². The van der Waals surface area contributed by atoms with E-state index in [9.17, 15) is 4.79 Å². The lowest BCUT2D eigenvalue weighted by Crippen LogP contribution is -2.16. The number of nitrogens with one attached hydrogen (secondary N) is 1. The van der Waals surface area contributed by atoms with Crippen molar-refractivity contribution >= 4 is 40.7 Å². The highest BCUT2D eigenvalue weighted by Crippen LogP contribution is 2.16. The first-order valence-corrected chi connectivity index (χ1v) is 7.40. The lowest BCUT2D eigenvalue weighted by molar-refractivity contribution is -0.115. The molecule has 0 atom stereocenters. The number of nitrogen functional groups attached to an aromatic ring is 1. The zero-order valence-corrected chi connectivity index (χ0v) is 12.2.